The molecule has 2 bridgehead atoms. The fourth-order valence-corrected chi connectivity index (χ4v) is 8.41. The maximum atomic E-state index is 14.5. The van der Waals surface area contributed by atoms with Gasteiger partial charge in [-0.05, 0) is 67.3 Å². The van der Waals surface area contributed by atoms with E-state index < -0.39 is 38.2 Å². The van der Waals surface area contributed by atoms with Gasteiger partial charge in [-0.15, -0.1) is 0 Å². The summed E-state index contributed by atoms with van der Waals surface area (Å²) in [4.78, 5) is 12.9. The first-order chi connectivity index (χ1) is 17.4. The average molecular weight is 546 g/mol. The lowest BCUT2D eigenvalue weighted by molar-refractivity contribution is -0.204. The normalized spacial score (nSPS) is 26.9. The van der Waals surface area contributed by atoms with Gasteiger partial charge >= 0.3 is 0 Å². The highest BCUT2D eigenvalue weighted by Crippen LogP contribution is 2.59. The van der Waals surface area contributed by atoms with E-state index in [4.69, 9.17) is 11.6 Å². The molecule has 2 N–H and O–H groups in total. The topological polar surface area (TPSA) is 83.5 Å². The molecule has 37 heavy (non-hydrogen) atoms. The summed E-state index contributed by atoms with van der Waals surface area (Å²) in [6, 6.07) is 14.5. The summed E-state index contributed by atoms with van der Waals surface area (Å²) in [5.41, 5.74) is -0.425. The van der Waals surface area contributed by atoms with E-state index in [-0.39, 0.29) is 44.5 Å². The summed E-state index contributed by atoms with van der Waals surface area (Å²) in [5.74, 6) is -2.86. The van der Waals surface area contributed by atoms with Crippen LogP contribution in [0.5, 0.6) is 0 Å². The number of fused-ring (bicyclic) bond motifs is 2. The van der Waals surface area contributed by atoms with Crippen LogP contribution in [0.15, 0.2) is 65.6 Å². The summed E-state index contributed by atoms with van der Waals surface area (Å²) in [5, 5.41) is 12.4. The van der Waals surface area contributed by atoms with Crippen molar-refractivity contribution < 1.29 is 27.1 Å². The summed E-state index contributed by atoms with van der Waals surface area (Å²) in [7, 11) is -3.89. The van der Waals surface area contributed by atoms with Crippen LogP contribution in [0, 0.1) is 29.4 Å². The predicted molar refractivity (Wildman–Crippen MR) is 138 cm³/mol. The Labute approximate surface area is 219 Å². The van der Waals surface area contributed by atoms with Crippen molar-refractivity contribution >= 4 is 33.0 Å². The summed E-state index contributed by atoms with van der Waals surface area (Å²) < 4.78 is 55.8. The van der Waals surface area contributed by atoms with E-state index in [0.717, 1.165) is 6.07 Å². The van der Waals surface area contributed by atoms with Gasteiger partial charge in [-0.2, -0.15) is 0 Å². The van der Waals surface area contributed by atoms with Crippen molar-refractivity contribution in [3.05, 3.63) is 82.9 Å². The smallest absolute Gasteiger partial charge is 0.255 e. The second kappa shape index (κ2) is 9.19. The molecule has 3 aromatic rings. The van der Waals surface area contributed by atoms with E-state index in [1.807, 2.05) is 6.92 Å². The van der Waals surface area contributed by atoms with Gasteiger partial charge in [0.25, 0.3) is 5.91 Å². The number of amides is 1. The van der Waals surface area contributed by atoms with Gasteiger partial charge in [-0.3, -0.25) is 4.79 Å². The van der Waals surface area contributed by atoms with Gasteiger partial charge in [0, 0.05) is 22.9 Å². The van der Waals surface area contributed by atoms with Gasteiger partial charge < -0.3 is 10.4 Å². The molecule has 3 aliphatic rings. The molecule has 2 unspecified atom stereocenters. The van der Waals surface area contributed by atoms with Crippen LogP contribution in [0.3, 0.4) is 0 Å². The van der Waals surface area contributed by atoms with Crippen LogP contribution >= 0.6 is 11.6 Å². The van der Waals surface area contributed by atoms with Gasteiger partial charge in [0.1, 0.15) is 0 Å². The molecule has 3 saturated carbocycles. The largest absolute Gasteiger partial charge is 0.390 e. The molecule has 3 aliphatic carbocycles. The van der Waals surface area contributed by atoms with Crippen molar-refractivity contribution in [1.29, 1.82) is 0 Å². The van der Waals surface area contributed by atoms with Crippen molar-refractivity contribution in [3.8, 4) is 11.1 Å². The molecule has 3 aromatic carbocycles. The summed E-state index contributed by atoms with van der Waals surface area (Å²) in [6.07, 6.45) is 0.633. The molecule has 5 nitrogen and oxygen atoms in total. The Balaban J connectivity index is 1.41. The standard InChI is InChI=1S/C28H26ClF2NO4S/c1-15-21-13-19(14-22(15)28(21,2)34)37(35,36)25-10-17(8-9-23(25)29)27(33)32-18-11-20(26(31)24(30)12-18)16-6-4-3-5-7-16/h3-12,15,19,21-22,34H,13-14H2,1-2H3,(H,32,33)/t15-,19?,21?,22?,28+. The lowest BCUT2D eigenvalue weighted by atomic mass is 9.48. The summed E-state index contributed by atoms with van der Waals surface area (Å²) in [6.45, 7) is 3.78. The number of carbonyl (C=O) groups excluding carboxylic acids is 1. The third-order valence-electron chi connectivity index (χ3n) is 8.11. The van der Waals surface area contributed by atoms with E-state index >= 15 is 0 Å². The molecule has 0 radical (unpaired) electrons. The van der Waals surface area contributed by atoms with Crippen LogP contribution < -0.4 is 5.32 Å². The van der Waals surface area contributed by atoms with E-state index in [2.05, 4.69) is 5.32 Å². The first-order valence-corrected chi connectivity index (χ1v) is 13.9. The number of hydrogen-bond donors (Lipinski definition) is 2. The number of anilines is 1. The molecule has 0 aliphatic heterocycles. The second-order valence-electron chi connectivity index (χ2n) is 10.2. The van der Waals surface area contributed by atoms with Crippen LogP contribution in [-0.4, -0.2) is 30.3 Å². The molecule has 6 rings (SSSR count). The Kier molecular flexibility index (Phi) is 6.41. The number of halogens is 3. The molecule has 2 atom stereocenters. The Morgan fingerprint density at radius 2 is 1.70 bits per heavy atom. The molecule has 9 heteroatoms. The number of sulfone groups is 1. The molecular weight excluding hydrogens is 520 g/mol. The zero-order valence-corrected chi connectivity index (χ0v) is 21.8. The van der Waals surface area contributed by atoms with E-state index in [1.54, 1.807) is 37.3 Å². The first kappa shape index (κ1) is 25.8. The van der Waals surface area contributed by atoms with Crippen molar-refractivity contribution in [1.82, 2.24) is 0 Å². The zero-order valence-electron chi connectivity index (χ0n) is 20.2. The van der Waals surface area contributed by atoms with Gasteiger partial charge in [0.2, 0.25) is 0 Å². The molecule has 3 fully saturated rings. The minimum atomic E-state index is -3.89. The van der Waals surface area contributed by atoms with Crippen LogP contribution in [0.25, 0.3) is 11.1 Å². The number of hydrogen-bond acceptors (Lipinski definition) is 4. The monoisotopic (exact) mass is 545 g/mol. The number of aliphatic hydroxyl groups is 1. The van der Waals surface area contributed by atoms with Crippen molar-refractivity contribution in [2.24, 2.45) is 17.8 Å². The van der Waals surface area contributed by atoms with Gasteiger partial charge in [-0.25, -0.2) is 17.2 Å². The Hall–Kier alpha value is -2.81. The number of rotatable bonds is 5. The number of carbonyl (C=O) groups is 1. The summed E-state index contributed by atoms with van der Waals surface area (Å²) >= 11 is 6.27. The van der Waals surface area contributed by atoms with Crippen LogP contribution in [0.2, 0.25) is 5.02 Å². The average Bonchev–Trinajstić information content (AvgIpc) is 2.87. The van der Waals surface area contributed by atoms with Crippen molar-refractivity contribution in [2.45, 2.75) is 42.4 Å². The fraction of sp³-hybridized carbons (Fsp3) is 0.321. The maximum absolute atomic E-state index is 14.5. The fourth-order valence-electron chi connectivity index (χ4n) is 6.06. The van der Waals surface area contributed by atoms with Crippen molar-refractivity contribution in [3.63, 3.8) is 0 Å². The van der Waals surface area contributed by atoms with E-state index in [0.29, 0.717) is 18.4 Å². The first-order valence-electron chi connectivity index (χ1n) is 12.0. The maximum Gasteiger partial charge on any atom is 0.255 e. The third-order valence-corrected chi connectivity index (χ3v) is 10.8. The number of benzene rings is 3. The highest BCUT2D eigenvalue weighted by Gasteiger charge is 2.61. The SMILES string of the molecule is C[C@H]1C2CC(S(=O)(=O)c3cc(C(=O)Nc4cc(F)c(F)c(-c5ccccc5)c4)ccc3Cl)CC1[C@]2(C)O. The minimum Gasteiger partial charge on any atom is -0.390 e. The molecule has 194 valence electrons. The zero-order chi connectivity index (χ0) is 26.7. The van der Waals surface area contributed by atoms with Gasteiger partial charge in [0.05, 0.1) is 20.8 Å². The highest BCUT2D eigenvalue weighted by atomic mass is 35.5. The molecule has 1 amide bonds. The van der Waals surface area contributed by atoms with Crippen LogP contribution in [-0.2, 0) is 9.84 Å². The van der Waals surface area contributed by atoms with Gasteiger partial charge in [0.15, 0.2) is 21.5 Å². The van der Waals surface area contributed by atoms with E-state index in [1.165, 1.54) is 24.3 Å². The molecular formula is C28H26ClF2NO4S. The molecule has 0 spiro atoms. The predicted octanol–water partition coefficient (Wildman–Crippen LogP) is 6.11. The molecule has 0 heterocycles. The minimum absolute atomic E-state index is 0.00482. The van der Waals surface area contributed by atoms with Crippen molar-refractivity contribution in [2.75, 3.05) is 5.32 Å². The number of nitrogens with one attached hydrogen (secondary N) is 1. The van der Waals surface area contributed by atoms with Crippen LogP contribution in [0.1, 0.15) is 37.0 Å². The third kappa shape index (κ3) is 4.35. The van der Waals surface area contributed by atoms with Gasteiger partial charge in [-0.1, -0.05) is 48.9 Å². The highest BCUT2D eigenvalue weighted by molar-refractivity contribution is 7.92. The Morgan fingerprint density at radius 1 is 1.05 bits per heavy atom. The van der Waals surface area contributed by atoms with E-state index in [9.17, 15) is 27.1 Å². The Morgan fingerprint density at radius 3 is 2.32 bits per heavy atom. The molecule has 0 aromatic heterocycles. The second-order valence-corrected chi connectivity index (χ2v) is 12.8. The lowest BCUT2D eigenvalue weighted by Gasteiger charge is -2.61. The quantitative estimate of drug-likeness (QED) is 0.405. The molecule has 0 saturated heterocycles. The lowest BCUT2D eigenvalue weighted by Crippen LogP contribution is -2.65. The van der Waals surface area contributed by atoms with Crippen LogP contribution in [0.4, 0.5) is 14.5 Å². The Bertz CT molecular complexity index is 1480.